The van der Waals surface area contributed by atoms with Crippen LogP contribution < -0.4 is 10.1 Å². The highest BCUT2D eigenvalue weighted by Gasteiger charge is 2.14. The lowest BCUT2D eigenvalue weighted by Crippen LogP contribution is -2.36. The van der Waals surface area contributed by atoms with Crippen molar-refractivity contribution in [2.45, 2.75) is 13.2 Å². The van der Waals surface area contributed by atoms with Crippen LogP contribution in [0.25, 0.3) is 0 Å². The minimum absolute atomic E-state index is 0.194. The molecule has 0 fully saturated rings. The van der Waals surface area contributed by atoms with Crippen LogP contribution in [0.1, 0.15) is 11.1 Å². The zero-order valence-corrected chi connectivity index (χ0v) is 18.3. The number of nitrogens with zero attached hydrogens (tertiary/aromatic N) is 2. The summed E-state index contributed by atoms with van der Waals surface area (Å²) in [6.07, 6.45) is 3.47. The average Bonchev–Trinajstić information content (AvgIpc) is 2.83. The van der Waals surface area contributed by atoms with Gasteiger partial charge in [0.25, 0.3) is 0 Å². The van der Waals surface area contributed by atoms with Crippen LogP contribution in [0.4, 0.5) is 10.5 Å². The van der Waals surface area contributed by atoms with Crippen molar-refractivity contribution in [1.82, 2.24) is 9.88 Å². The summed E-state index contributed by atoms with van der Waals surface area (Å²) in [6.45, 7) is 2.76. The maximum absolute atomic E-state index is 12.9. The Bertz CT molecular complexity index is 938. The number of hydrogen-bond donors (Lipinski definition) is 1. The van der Waals surface area contributed by atoms with E-state index in [1.54, 1.807) is 24.4 Å². The van der Waals surface area contributed by atoms with Gasteiger partial charge < -0.3 is 24.4 Å². The van der Waals surface area contributed by atoms with Crippen molar-refractivity contribution in [3.63, 3.8) is 0 Å². The first-order valence-corrected chi connectivity index (χ1v) is 10.5. The molecular formula is C25H29N3O4. The first kappa shape index (κ1) is 23.2. The van der Waals surface area contributed by atoms with Crippen molar-refractivity contribution in [2.75, 3.05) is 38.8 Å². The van der Waals surface area contributed by atoms with E-state index in [1.165, 1.54) is 0 Å². The number of hydrogen-bond acceptors (Lipinski definition) is 5. The molecule has 7 nitrogen and oxygen atoms in total. The molecule has 3 rings (SSSR count). The molecule has 32 heavy (non-hydrogen) atoms. The van der Waals surface area contributed by atoms with Crippen molar-refractivity contribution in [2.24, 2.45) is 0 Å². The summed E-state index contributed by atoms with van der Waals surface area (Å²) in [6, 6.07) is 20.9. The van der Waals surface area contributed by atoms with Crippen LogP contribution in [0.2, 0.25) is 0 Å². The molecule has 1 N–H and O–H groups in total. The van der Waals surface area contributed by atoms with Crippen LogP contribution >= 0.6 is 0 Å². The number of carbonyl (C=O) groups is 1. The molecule has 0 aliphatic rings. The van der Waals surface area contributed by atoms with Gasteiger partial charge in [-0.1, -0.05) is 36.4 Å². The van der Waals surface area contributed by atoms with Gasteiger partial charge in [-0.3, -0.25) is 4.98 Å². The highest BCUT2D eigenvalue weighted by atomic mass is 16.5. The van der Waals surface area contributed by atoms with Crippen LogP contribution in [0.3, 0.4) is 0 Å². The first-order chi connectivity index (χ1) is 15.7. The van der Waals surface area contributed by atoms with Gasteiger partial charge in [0.05, 0.1) is 19.8 Å². The van der Waals surface area contributed by atoms with Gasteiger partial charge in [0.15, 0.2) is 0 Å². The van der Waals surface area contributed by atoms with Crippen molar-refractivity contribution in [3.8, 4) is 5.75 Å². The van der Waals surface area contributed by atoms with Crippen molar-refractivity contribution in [3.05, 3.63) is 90.3 Å². The normalized spacial score (nSPS) is 10.5. The molecule has 1 aromatic heterocycles. The molecule has 7 heteroatoms. The molecule has 0 saturated carbocycles. The Morgan fingerprint density at radius 2 is 1.81 bits per heavy atom. The summed E-state index contributed by atoms with van der Waals surface area (Å²) in [7, 11) is 1.62. The van der Waals surface area contributed by atoms with E-state index in [1.807, 2.05) is 66.7 Å². The fraction of sp³-hybridized carbons (Fsp3) is 0.280. The first-order valence-electron chi connectivity index (χ1n) is 10.5. The van der Waals surface area contributed by atoms with Crippen molar-refractivity contribution < 1.29 is 19.0 Å². The molecule has 0 radical (unpaired) electrons. The minimum Gasteiger partial charge on any atom is -0.491 e. The second-order valence-electron chi connectivity index (χ2n) is 7.12. The number of urea groups is 1. The Balaban J connectivity index is 1.48. The Kier molecular flexibility index (Phi) is 9.51. The van der Waals surface area contributed by atoms with Crippen LogP contribution in [-0.2, 0) is 22.6 Å². The zero-order chi connectivity index (χ0) is 22.4. The number of amides is 2. The SMILES string of the molecule is COCCN(Cc1cccnc1)C(=O)Nc1cccc(COCCOc2ccccc2)c1. The van der Waals surface area contributed by atoms with E-state index >= 15 is 0 Å². The second-order valence-corrected chi connectivity index (χ2v) is 7.12. The standard InChI is InChI=1S/C25H29N3O4/c1-30-14-13-28(19-22-8-6-12-26-18-22)25(29)27-23-9-5-7-21(17-23)20-31-15-16-32-24-10-3-2-4-11-24/h2-12,17-18H,13-16,19-20H2,1H3,(H,27,29). The fourth-order valence-corrected chi connectivity index (χ4v) is 3.03. The molecule has 0 unspecified atom stereocenters. The van der Waals surface area contributed by atoms with Crippen molar-refractivity contribution in [1.29, 1.82) is 0 Å². The van der Waals surface area contributed by atoms with E-state index in [4.69, 9.17) is 14.2 Å². The molecule has 2 amide bonds. The van der Waals surface area contributed by atoms with Gasteiger partial charge in [0, 0.05) is 38.3 Å². The van der Waals surface area contributed by atoms with Gasteiger partial charge in [-0.2, -0.15) is 0 Å². The van der Waals surface area contributed by atoms with Gasteiger partial charge >= 0.3 is 6.03 Å². The molecule has 168 valence electrons. The van der Waals surface area contributed by atoms with Gasteiger partial charge in [0.1, 0.15) is 12.4 Å². The lowest BCUT2D eigenvalue weighted by molar-refractivity contribution is 0.0889. The monoisotopic (exact) mass is 435 g/mol. The van der Waals surface area contributed by atoms with Gasteiger partial charge in [-0.05, 0) is 41.5 Å². The number of methoxy groups -OCH3 is 1. The summed E-state index contributed by atoms with van der Waals surface area (Å²) in [5.41, 5.74) is 2.64. The minimum atomic E-state index is -0.194. The van der Waals surface area contributed by atoms with E-state index in [-0.39, 0.29) is 6.03 Å². The smallest absolute Gasteiger partial charge is 0.322 e. The van der Waals surface area contributed by atoms with Gasteiger partial charge in [0.2, 0.25) is 0 Å². The number of benzene rings is 2. The fourth-order valence-electron chi connectivity index (χ4n) is 3.03. The zero-order valence-electron chi connectivity index (χ0n) is 18.3. The second kappa shape index (κ2) is 13.1. The molecule has 0 aliphatic carbocycles. The molecule has 0 atom stereocenters. The highest BCUT2D eigenvalue weighted by molar-refractivity contribution is 5.89. The van der Waals surface area contributed by atoms with Crippen LogP contribution in [0.5, 0.6) is 5.75 Å². The summed E-state index contributed by atoms with van der Waals surface area (Å²) in [5, 5.41) is 2.97. The lowest BCUT2D eigenvalue weighted by Gasteiger charge is -2.23. The van der Waals surface area contributed by atoms with E-state index in [0.717, 1.165) is 16.9 Å². The number of carbonyl (C=O) groups excluding carboxylic acids is 1. The Labute approximate surface area is 188 Å². The van der Waals surface area contributed by atoms with Gasteiger partial charge in [-0.15, -0.1) is 0 Å². The number of ether oxygens (including phenoxy) is 3. The summed E-state index contributed by atoms with van der Waals surface area (Å²) in [5.74, 6) is 0.824. The summed E-state index contributed by atoms with van der Waals surface area (Å²) < 4.78 is 16.5. The Morgan fingerprint density at radius 3 is 2.59 bits per heavy atom. The third kappa shape index (κ3) is 8.02. The molecule has 0 bridgehead atoms. The third-order valence-electron chi connectivity index (χ3n) is 4.64. The lowest BCUT2D eigenvalue weighted by atomic mass is 10.2. The average molecular weight is 436 g/mol. The predicted octanol–water partition coefficient (Wildman–Crippen LogP) is 4.36. The number of rotatable bonds is 12. The molecule has 0 aliphatic heterocycles. The van der Waals surface area contributed by atoms with Crippen LogP contribution in [-0.4, -0.2) is 49.4 Å². The molecule has 0 spiro atoms. The molecular weight excluding hydrogens is 406 g/mol. The number of nitrogens with one attached hydrogen (secondary N) is 1. The van der Waals surface area contributed by atoms with E-state index in [2.05, 4.69) is 10.3 Å². The van der Waals surface area contributed by atoms with Crippen molar-refractivity contribution >= 4 is 11.7 Å². The van der Waals surface area contributed by atoms with E-state index in [9.17, 15) is 4.79 Å². The maximum Gasteiger partial charge on any atom is 0.322 e. The maximum atomic E-state index is 12.9. The summed E-state index contributed by atoms with van der Waals surface area (Å²) >= 11 is 0. The van der Waals surface area contributed by atoms with E-state index < -0.39 is 0 Å². The predicted molar refractivity (Wildman–Crippen MR) is 124 cm³/mol. The summed E-state index contributed by atoms with van der Waals surface area (Å²) in [4.78, 5) is 18.7. The molecule has 3 aromatic rings. The quantitative estimate of drug-likeness (QED) is 0.428. The largest absolute Gasteiger partial charge is 0.491 e. The third-order valence-corrected chi connectivity index (χ3v) is 4.64. The number of pyridine rings is 1. The number of anilines is 1. The topological polar surface area (TPSA) is 72.9 Å². The molecule has 1 heterocycles. The highest BCUT2D eigenvalue weighted by Crippen LogP contribution is 2.14. The Hall–Kier alpha value is -3.42. The van der Waals surface area contributed by atoms with Crippen LogP contribution in [0.15, 0.2) is 79.1 Å². The van der Waals surface area contributed by atoms with E-state index in [0.29, 0.717) is 45.2 Å². The number of para-hydroxylation sites is 1. The molecule has 0 saturated heterocycles. The molecule has 2 aromatic carbocycles. The number of aromatic nitrogens is 1. The van der Waals surface area contributed by atoms with Gasteiger partial charge in [-0.25, -0.2) is 4.79 Å². The van der Waals surface area contributed by atoms with Crippen LogP contribution in [0, 0.1) is 0 Å². The Morgan fingerprint density at radius 1 is 0.969 bits per heavy atom.